The van der Waals surface area contributed by atoms with Crippen molar-refractivity contribution in [1.82, 2.24) is 5.32 Å². The minimum atomic E-state index is -0.886. The molecule has 2 atom stereocenters. The molecular formula is C19H23NO3. The number of hydrogen-bond acceptors (Lipinski definition) is 2. The summed E-state index contributed by atoms with van der Waals surface area (Å²) in [4.78, 5) is 23.3. The van der Waals surface area contributed by atoms with E-state index in [0.29, 0.717) is 6.42 Å². The molecule has 122 valence electrons. The number of carboxylic acid groups (broad SMARTS) is 1. The molecule has 0 bridgehead atoms. The number of benzene rings is 2. The van der Waals surface area contributed by atoms with Gasteiger partial charge in [-0.25, -0.2) is 0 Å². The largest absolute Gasteiger partial charge is 0.481 e. The molecule has 23 heavy (non-hydrogen) atoms. The number of rotatable bonds is 7. The van der Waals surface area contributed by atoms with Crippen LogP contribution in [0.2, 0.25) is 0 Å². The monoisotopic (exact) mass is 313 g/mol. The predicted octanol–water partition coefficient (Wildman–Crippen LogP) is 3.25. The summed E-state index contributed by atoms with van der Waals surface area (Å²) in [6.07, 6.45) is 1.15. The summed E-state index contributed by atoms with van der Waals surface area (Å²) in [7, 11) is 0. The predicted molar refractivity (Wildman–Crippen MR) is 91.2 cm³/mol. The molecule has 4 nitrogen and oxygen atoms in total. The minimum Gasteiger partial charge on any atom is -0.481 e. The molecule has 0 radical (unpaired) electrons. The quantitative estimate of drug-likeness (QED) is 0.824. The third-order valence-electron chi connectivity index (χ3n) is 4.23. The van der Waals surface area contributed by atoms with Gasteiger partial charge in [0.05, 0.1) is 5.92 Å². The van der Waals surface area contributed by atoms with Crippen LogP contribution < -0.4 is 5.32 Å². The van der Waals surface area contributed by atoms with Crippen LogP contribution in [0, 0.1) is 11.8 Å². The summed E-state index contributed by atoms with van der Waals surface area (Å²) in [6, 6.07) is 14.0. The zero-order valence-electron chi connectivity index (χ0n) is 13.6. The van der Waals surface area contributed by atoms with Crippen LogP contribution in [0.4, 0.5) is 0 Å². The Morgan fingerprint density at radius 2 is 1.83 bits per heavy atom. The number of fused-ring (bicyclic) bond motifs is 1. The second kappa shape index (κ2) is 7.77. The lowest BCUT2D eigenvalue weighted by Gasteiger charge is -2.16. The highest BCUT2D eigenvalue weighted by Gasteiger charge is 2.20. The molecule has 0 aliphatic heterocycles. The van der Waals surface area contributed by atoms with Gasteiger partial charge in [0.2, 0.25) is 5.91 Å². The van der Waals surface area contributed by atoms with E-state index >= 15 is 0 Å². The van der Waals surface area contributed by atoms with Crippen LogP contribution in [-0.4, -0.2) is 23.5 Å². The van der Waals surface area contributed by atoms with Crippen molar-refractivity contribution in [3.63, 3.8) is 0 Å². The average Bonchev–Trinajstić information content (AvgIpc) is 2.57. The number of nitrogens with one attached hydrogen (secondary N) is 1. The van der Waals surface area contributed by atoms with Gasteiger partial charge in [0, 0.05) is 12.5 Å². The molecule has 2 aromatic carbocycles. The van der Waals surface area contributed by atoms with E-state index in [4.69, 9.17) is 0 Å². The van der Waals surface area contributed by atoms with E-state index in [9.17, 15) is 14.7 Å². The van der Waals surface area contributed by atoms with Gasteiger partial charge in [0.1, 0.15) is 0 Å². The van der Waals surface area contributed by atoms with E-state index in [1.807, 2.05) is 56.3 Å². The Morgan fingerprint density at radius 3 is 2.48 bits per heavy atom. The molecule has 0 spiro atoms. The Morgan fingerprint density at radius 1 is 1.13 bits per heavy atom. The molecule has 0 aliphatic carbocycles. The van der Waals surface area contributed by atoms with Crippen molar-refractivity contribution >= 4 is 22.6 Å². The van der Waals surface area contributed by atoms with Crippen LogP contribution in [0.3, 0.4) is 0 Å². The Kier molecular flexibility index (Phi) is 5.74. The molecule has 2 aromatic rings. The van der Waals surface area contributed by atoms with Crippen LogP contribution in [0.5, 0.6) is 0 Å². The Labute approximate surface area is 136 Å². The Balaban J connectivity index is 2.06. The van der Waals surface area contributed by atoms with Gasteiger partial charge in [-0.3, -0.25) is 9.59 Å². The second-order valence-electron chi connectivity index (χ2n) is 5.98. The van der Waals surface area contributed by atoms with Gasteiger partial charge < -0.3 is 10.4 Å². The lowest BCUT2D eigenvalue weighted by Crippen LogP contribution is -2.36. The zero-order valence-corrected chi connectivity index (χ0v) is 13.6. The summed E-state index contributed by atoms with van der Waals surface area (Å²) in [5.74, 6) is -1.69. The minimum absolute atomic E-state index is 0.0859. The molecular weight excluding hydrogens is 290 g/mol. The first kappa shape index (κ1) is 17.0. The van der Waals surface area contributed by atoms with Crippen LogP contribution in [0.25, 0.3) is 10.8 Å². The molecule has 0 aromatic heterocycles. The molecule has 0 saturated heterocycles. The molecule has 2 unspecified atom stereocenters. The molecule has 0 fully saturated rings. The van der Waals surface area contributed by atoms with Crippen molar-refractivity contribution in [2.75, 3.05) is 6.54 Å². The van der Waals surface area contributed by atoms with Gasteiger partial charge in [0.25, 0.3) is 0 Å². The summed E-state index contributed by atoms with van der Waals surface area (Å²) >= 11 is 0. The Hall–Kier alpha value is -2.36. The van der Waals surface area contributed by atoms with E-state index in [2.05, 4.69) is 5.32 Å². The van der Waals surface area contributed by atoms with E-state index in [0.717, 1.165) is 22.8 Å². The third kappa shape index (κ3) is 4.55. The molecule has 0 aliphatic rings. The average molecular weight is 313 g/mol. The van der Waals surface area contributed by atoms with Crippen molar-refractivity contribution in [3.05, 3.63) is 48.0 Å². The normalized spacial score (nSPS) is 13.5. The summed E-state index contributed by atoms with van der Waals surface area (Å²) in [5, 5.41) is 14.4. The standard InChI is InChI=1S/C19H23NO3/c1-3-13(2)18(21)20-12-17(19(22)23)11-14-8-9-15-6-4-5-7-16(15)10-14/h4-10,13,17H,3,11-12H2,1-2H3,(H,20,21)(H,22,23). The molecule has 0 heterocycles. The highest BCUT2D eigenvalue weighted by atomic mass is 16.4. The number of aliphatic carboxylic acids is 1. The van der Waals surface area contributed by atoms with Gasteiger partial charge in [-0.2, -0.15) is 0 Å². The molecule has 2 rings (SSSR count). The van der Waals surface area contributed by atoms with Gasteiger partial charge in [-0.1, -0.05) is 56.3 Å². The second-order valence-corrected chi connectivity index (χ2v) is 5.98. The lowest BCUT2D eigenvalue weighted by atomic mass is 9.97. The highest BCUT2D eigenvalue weighted by molar-refractivity contribution is 5.83. The third-order valence-corrected chi connectivity index (χ3v) is 4.23. The van der Waals surface area contributed by atoms with Gasteiger partial charge in [-0.05, 0) is 29.2 Å². The van der Waals surface area contributed by atoms with Crippen molar-refractivity contribution in [2.24, 2.45) is 11.8 Å². The van der Waals surface area contributed by atoms with Crippen LogP contribution >= 0.6 is 0 Å². The number of carbonyl (C=O) groups is 2. The SMILES string of the molecule is CCC(C)C(=O)NCC(Cc1ccc2ccccc2c1)C(=O)O. The number of carboxylic acids is 1. The van der Waals surface area contributed by atoms with Crippen molar-refractivity contribution in [2.45, 2.75) is 26.7 Å². The number of hydrogen-bond donors (Lipinski definition) is 2. The topological polar surface area (TPSA) is 66.4 Å². The first-order valence-electron chi connectivity index (χ1n) is 7.99. The maximum absolute atomic E-state index is 11.8. The van der Waals surface area contributed by atoms with E-state index in [1.165, 1.54) is 0 Å². The first-order chi connectivity index (χ1) is 11.0. The van der Waals surface area contributed by atoms with Crippen LogP contribution in [0.1, 0.15) is 25.8 Å². The molecule has 2 N–H and O–H groups in total. The van der Waals surface area contributed by atoms with Crippen LogP contribution in [0.15, 0.2) is 42.5 Å². The molecule has 1 amide bonds. The fourth-order valence-electron chi connectivity index (χ4n) is 2.48. The number of carbonyl (C=O) groups excluding carboxylic acids is 1. The lowest BCUT2D eigenvalue weighted by molar-refractivity contribution is -0.141. The maximum Gasteiger partial charge on any atom is 0.308 e. The van der Waals surface area contributed by atoms with Crippen molar-refractivity contribution in [3.8, 4) is 0 Å². The fourth-order valence-corrected chi connectivity index (χ4v) is 2.48. The summed E-state index contributed by atoms with van der Waals surface area (Å²) in [6.45, 7) is 3.94. The van der Waals surface area contributed by atoms with Crippen LogP contribution in [-0.2, 0) is 16.0 Å². The van der Waals surface area contributed by atoms with E-state index < -0.39 is 11.9 Å². The Bertz CT molecular complexity index is 696. The van der Waals surface area contributed by atoms with E-state index in [-0.39, 0.29) is 18.4 Å². The van der Waals surface area contributed by atoms with E-state index in [1.54, 1.807) is 0 Å². The molecule has 0 saturated carbocycles. The highest BCUT2D eigenvalue weighted by Crippen LogP contribution is 2.18. The van der Waals surface area contributed by atoms with Crippen molar-refractivity contribution in [1.29, 1.82) is 0 Å². The van der Waals surface area contributed by atoms with Gasteiger partial charge in [-0.15, -0.1) is 0 Å². The smallest absolute Gasteiger partial charge is 0.308 e. The number of amides is 1. The fraction of sp³-hybridized carbons (Fsp3) is 0.368. The van der Waals surface area contributed by atoms with Crippen molar-refractivity contribution < 1.29 is 14.7 Å². The summed E-state index contributed by atoms with van der Waals surface area (Å²) < 4.78 is 0. The first-order valence-corrected chi connectivity index (χ1v) is 7.99. The zero-order chi connectivity index (χ0) is 16.8. The maximum atomic E-state index is 11.8. The molecule has 4 heteroatoms. The summed E-state index contributed by atoms with van der Waals surface area (Å²) in [5.41, 5.74) is 0.967. The van der Waals surface area contributed by atoms with Gasteiger partial charge in [0.15, 0.2) is 0 Å². The van der Waals surface area contributed by atoms with Gasteiger partial charge >= 0.3 is 5.97 Å².